The highest BCUT2D eigenvalue weighted by molar-refractivity contribution is 14.1. The van der Waals surface area contributed by atoms with Crippen molar-refractivity contribution < 1.29 is 23.4 Å². The number of benzene rings is 3. The van der Waals surface area contributed by atoms with Crippen molar-refractivity contribution in [1.82, 2.24) is 4.57 Å². The summed E-state index contributed by atoms with van der Waals surface area (Å²) >= 11 is 3.44. The number of hydrogen-bond donors (Lipinski definition) is 0. The molecule has 222 valence electrons. The fourth-order valence-corrected chi connectivity index (χ4v) is 6.65. The number of aromatic nitrogens is 1. The second-order valence-corrected chi connectivity index (χ2v) is 12.1. The van der Waals surface area contributed by atoms with Gasteiger partial charge < -0.3 is 14.2 Å². The van der Waals surface area contributed by atoms with Gasteiger partial charge in [0.2, 0.25) is 0 Å². The topological polar surface area (TPSA) is 79.1 Å². The maximum absolute atomic E-state index is 14.0. The highest BCUT2D eigenvalue weighted by Crippen LogP contribution is 2.35. The fraction of sp³-hybridized carbons (Fsp3) is 0.242. The lowest BCUT2D eigenvalue weighted by molar-refractivity contribution is -0.139. The molecule has 2 heterocycles. The Labute approximate surface area is 266 Å². The number of aryl methyl sites for hydroxylation is 1. The third-order valence-electron chi connectivity index (χ3n) is 6.84. The summed E-state index contributed by atoms with van der Waals surface area (Å²) in [5.41, 5.74) is 4.05. The van der Waals surface area contributed by atoms with E-state index in [9.17, 15) is 14.0 Å². The Hall–Kier alpha value is -3.77. The van der Waals surface area contributed by atoms with E-state index in [2.05, 4.69) is 27.6 Å². The van der Waals surface area contributed by atoms with Crippen molar-refractivity contribution in [2.24, 2.45) is 4.99 Å². The van der Waals surface area contributed by atoms with Gasteiger partial charge in [-0.3, -0.25) is 9.36 Å². The first-order valence-corrected chi connectivity index (χ1v) is 15.7. The number of thiazole rings is 1. The minimum absolute atomic E-state index is 0.213. The van der Waals surface area contributed by atoms with Gasteiger partial charge in [0.05, 0.1) is 38.6 Å². The maximum Gasteiger partial charge on any atom is 0.338 e. The van der Waals surface area contributed by atoms with Crippen LogP contribution in [0.25, 0.3) is 6.08 Å². The maximum atomic E-state index is 14.0. The average molecular weight is 713 g/mol. The van der Waals surface area contributed by atoms with Crippen LogP contribution in [-0.4, -0.2) is 23.8 Å². The Morgan fingerprint density at radius 2 is 1.77 bits per heavy atom. The zero-order chi connectivity index (χ0) is 30.7. The molecule has 43 heavy (non-hydrogen) atoms. The molecule has 7 nitrogen and oxygen atoms in total. The third kappa shape index (κ3) is 6.59. The van der Waals surface area contributed by atoms with Gasteiger partial charge in [-0.05, 0) is 97.3 Å². The van der Waals surface area contributed by atoms with Crippen molar-refractivity contribution >= 4 is 46.0 Å². The molecule has 0 radical (unpaired) electrons. The van der Waals surface area contributed by atoms with Crippen molar-refractivity contribution in [2.45, 2.75) is 40.3 Å². The van der Waals surface area contributed by atoms with Crippen LogP contribution in [0.2, 0.25) is 0 Å². The predicted molar refractivity (Wildman–Crippen MR) is 173 cm³/mol. The van der Waals surface area contributed by atoms with Gasteiger partial charge in [-0.25, -0.2) is 14.2 Å². The van der Waals surface area contributed by atoms with E-state index in [-0.39, 0.29) is 24.6 Å². The van der Waals surface area contributed by atoms with Crippen LogP contribution >= 0.6 is 33.9 Å². The summed E-state index contributed by atoms with van der Waals surface area (Å²) in [5, 5.41) is 0. The van der Waals surface area contributed by atoms with Crippen molar-refractivity contribution in [2.75, 3.05) is 13.2 Å². The van der Waals surface area contributed by atoms with Crippen LogP contribution in [0, 0.1) is 16.3 Å². The number of hydrogen-bond acceptors (Lipinski definition) is 7. The number of esters is 1. The van der Waals surface area contributed by atoms with Crippen LogP contribution < -0.4 is 24.4 Å². The standard InChI is InChI=1S/C33H30FIN2O5S/c1-5-40-26-16-22(15-25(35)30(26)42-18-21-9-13-24(34)14-10-21)17-27-31(38)37-29(23-11-7-19(3)8-12-23)28(32(39)41-6-2)20(4)36-33(37)43-27/h7-17,29H,5-6,18H2,1-4H3/b27-17+/t29-/m0/s1. The van der Waals surface area contributed by atoms with E-state index in [0.29, 0.717) is 38.7 Å². The molecular formula is C33H30FIN2O5S. The Bertz CT molecular complexity index is 1880. The first kappa shape index (κ1) is 30.7. The first-order chi connectivity index (χ1) is 20.7. The normalized spacial score (nSPS) is 14.7. The summed E-state index contributed by atoms with van der Waals surface area (Å²) in [5.74, 6) is 0.309. The number of carbonyl (C=O) groups excluding carboxylic acids is 1. The molecule has 1 aliphatic rings. The molecule has 5 rings (SSSR count). The van der Waals surface area contributed by atoms with Gasteiger partial charge in [-0.1, -0.05) is 53.3 Å². The smallest absolute Gasteiger partial charge is 0.338 e. The minimum atomic E-state index is -0.667. The Morgan fingerprint density at radius 3 is 2.44 bits per heavy atom. The monoisotopic (exact) mass is 712 g/mol. The van der Waals surface area contributed by atoms with Crippen LogP contribution in [0.5, 0.6) is 11.5 Å². The van der Waals surface area contributed by atoms with E-state index < -0.39 is 12.0 Å². The number of rotatable bonds is 9. The van der Waals surface area contributed by atoms with E-state index >= 15 is 0 Å². The number of ether oxygens (including phenoxy) is 3. The van der Waals surface area contributed by atoms with Gasteiger partial charge >= 0.3 is 5.97 Å². The number of halogens is 2. The molecule has 1 aromatic heterocycles. The molecule has 0 saturated carbocycles. The quantitative estimate of drug-likeness (QED) is 0.161. The molecular weight excluding hydrogens is 682 g/mol. The molecule has 0 fully saturated rings. The highest BCUT2D eigenvalue weighted by Gasteiger charge is 2.33. The molecule has 3 aromatic carbocycles. The molecule has 0 aliphatic carbocycles. The largest absolute Gasteiger partial charge is 0.490 e. The van der Waals surface area contributed by atoms with E-state index in [1.807, 2.05) is 50.2 Å². The van der Waals surface area contributed by atoms with Crippen LogP contribution in [-0.2, 0) is 16.1 Å². The predicted octanol–water partition coefficient (Wildman–Crippen LogP) is 5.83. The molecule has 0 bridgehead atoms. The molecule has 1 aliphatic heterocycles. The molecule has 10 heteroatoms. The number of allylic oxidation sites excluding steroid dienone is 1. The van der Waals surface area contributed by atoms with Crippen molar-refractivity contribution in [3.8, 4) is 11.5 Å². The lowest BCUT2D eigenvalue weighted by atomic mass is 9.95. The van der Waals surface area contributed by atoms with Crippen LogP contribution in [0.4, 0.5) is 4.39 Å². The molecule has 0 spiro atoms. The fourth-order valence-electron chi connectivity index (χ4n) is 4.82. The average Bonchev–Trinajstić information content (AvgIpc) is 3.27. The van der Waals surface area contributed by atoms with Gasteiger partial charge in [0.15, 0.2) is 16.3 Å². The summed E-state index contributed by atoms with van der Waals surface area (Å²) < 4.78 is 33.5. The van der Waals surface area contributed by atoms with E-state index in [4.69, 9.17) is 14.2 Å². The van der Waals surface area contributed by atoms with Crippen molar-refractivity contribution in [3.05, 3.63) is 123 Å². The number of carbonyl (C=O) groups is 1. The molecule has 0 N–H and O–H groups in total. The number of nitrogens with zero attached hydrogens (tertiary/aromatic N) is 2. The Balaban J connectivity index is 1.58. The van der Waals surface area contributed by atoms with Gasteiger partial charge in [0.25, 0.3) is 5.56 Å². The van der Waals surface area contributed by atoms with Gasteiger partial charge in [0, 0.05) is 0 Å². The lowest BCUT2D eigenvalue weighted by Crippen LogP contribution is -2.39. The van der Waals surface area contributed by atoms with E-state index in [1.54, 1.807) is 36.6 Å². The summed E-state index contributed by atoms with van der Waals surface area (Å²) in [7, 11) is 0. The van der Waals surface area contributed by atoms with Crippen LogP contribution in [0.1, 0.15) is 49.1 Å². The SMILES string of the molecule is CCOC(=O)C1=C(C)N=c2s/c(=C/c3cc(I)c(OCc4ccc(F)cc4)c(OCC)c3)c(=O)n2[C@H]1c1ccc(C)cc1. The summed E-state index contributed by atoms with van der Waals surface area (Å²) in [6, 6.07) is 17.0. The van der Waals surface area contributed by atoms with Crippen LogP contribution in [0.3, 0.4) is 0 Å². The molecule has 4 aromatic rings. The number of fused-ring (bicyclic) bond motifs is 1. The Kier molecular flexibility index (Phi) is 9.46. The summed E-state index contributed by atoms with van der Waals surface area (Å²) in [4.78, 5) is 32.2. The van der Waals surface area contributed by atoms with Gasteiger partial charge in [-0.15, -0.1) is 0 Å². The second kappa shape index (κ2) is 13.3. The van der Waals surface area contributed by atoms with Crippen molar-refractivity contribution in [3.63, 3.8) is 0 Å². The molecule has 0 unspecified atom stereocenters. The molecule has 1 atom stereocenters. The minimum Gasteiger partial charge on any atom is -0.490 e. The lowest BCUT2D eigenvalue weighted by Gasteiger charge is -2.24. The van der Waals surface area contributed by atoms with Crippen molar-refractivity contribution in [1.29, 1.82) is 0 Å². The first-order valence-electron chi connectivity index (χ1n) is 13.8. The third-order valence-corrected chi connectivity index (χ3v) is 8.62. The summed E-state index contributed by atoms with van der Waals surface area (Å²) in [6.07, 6.45) is 1.80. The van der Waals surface area contributed by atoms with E-state index in [0.717, 1.165) is 25.8 Å². The molecule has 0 amide bonds. The van der Waals surface area contributed by atoms with Crippen LogP contribution in [0.15, 0.2) is 81.7 Å². The van der Waals surface area contributed by atoms with Gasteiger partial charge in [0.1, 0.15) is 12.4 Å². The molecule has 0 saturated heterocycles. The second-order valence-electron chi connectivity index (χ2n) is 9.89. The zero-order valence-electron chi connectivity index (χ0n) is 24.1. The van der Waals surface area contributed by atoms with E-state index in [1.165, 1.54) is 23.5 Å². The zero-order valence-corrected chi connectivity index (χ0v) is 27.1. The summed E-state index contributed by atoms with van der Waals surface area (Å²) in [6.45, 7) is 8.27. The Morgan fingerprint density at radius 1 is 1.05 bits per heavy atom. The highest BCUT2D eigenvalue weighted by atomic mass is 127. The van der Waals surface area contributed by atoms with Gasteiger partial charge in [-0.2, -0.15) is 0 Å².